The summed E-state index contributed by atoms with van der Waals surface area (Å²) in [5.41, 5.74) is 4.50. The molecule has 126 valence electrons. The molecule has 5 nitrogen and oxygen atoms in total. The lowest BCUT2D eigenvalue weighted by atomic mass is 10.0. The van der Waals surface area contributed by atoms with E-state index in [1.165, 1.54) is 23.4 Å². The summed E-state index contributed by atoms with van der Waals surface area (Å²) in [5.74, 6) is -0.463. The van der Waals surface area contributed by atoms with E-state index in [9.17, 15) is 9.59 Å². The molecule has 3 aromatic rings. The predicted octanol–water partition coefficient (Wildman–Crippen LogP) is 3.34. The van der Waals surface area contributed by atoms with Crippen LogP contribution in [0, 0.1) is 6.92 Å². The number of benzene rings is 1. The third-order valence-corrected chi connectivity index (χ3v) is 4.55. The largest absolute Gasteiger partial charge is 0.457 e. The first-order valence-corrected chi connectivity index (χ1v) is 8.28. The third kappa shape index (κ3) is 3.05. The fourth-order valence-electron chi connectivity index (χ4n) is 3.23. The van der Waals surface area contributed by atoms with Gasteiger partial charge in [0.2, 0.25) is 0 Å². The molecule has 0 atom stereocenters. The highest BCUT2D eigenvalue weighted by Crippen LogP contribution is 2.28. The summed E-state index contributed by atoms with van der Waals surface area (Å²) < 4.78 is 10.7. The Morgan fingerprint density at radius 3 is 2.76 bits per heavy atom. The van der Waals surface area contributed by atoms with Gasteiger partial charge in [0.25, 0.3) is 0 Å². The highest BCUT2D eigenvalue weighted by Gasteiger charge is 2.16. The van der Waals surface area contributed by atoms with Crippen molar-refractivity contribution in [3.05, 3.63) is 74.9 Å². The smallest absolute Gasteiger partial charge is 0.340 e. The Hall–Kier alpha value is -2.95. The summed E-state index contributed by atoms with van der Waals surface area (Å²) in [6.45, 7) is 1.87. The van der Waals surface area contributed by atoms with Crippen molar-refractivity contribution < 1.29 is 13.9 Å². The van der Waals surface area contributed by atoms with Gasteiger partial charge in [0.1, 0.15) is 12.2 Å². The SMILES string of the molecule is Cc1ccc(C(=O)OCc2cc(=O)oc3cc4c(cc23)CCC4)cn1. The number of esters is 1. The minimum absolute atomic E-state index is 0.0214. The number of aryl methyl sites for hydroxylation is 3. The molecule has 2 heterocycles. The molecule has 0 amide bonds. The molecule has 0 unspecified atom stereocenters. The fourth-order valence-corrected chi connectivity index (χ4v) is 3.23. The zero-order valence-corrected chi connectivity index (χ0v) is 13.9. The maximum absolute atomic E-state index is 12.2. The van der Waals surface area contributed by atoms with Gasteiger partial charge in [-0.2, -0.15) is 0 Å². The highest BCUT2D eigenvalue weighted by molar-refractivity contribution is 5.89. The second kappa shape index (κ2) is 6.16. The Bertz CT molecular complexity index is 1020. The average molecular weight is 335 g/mol. The van der Waals surface area contributed by atoms with Crippen LogP contribution in [0.25, 0.3) is 11.0 Å². The molecule has 1 aliphatic carbocycles. The molecule has 4 rings (SSSR count). The number of aromatic nitrogens is 1. The summed E-state index contributed by atoms with van der Waals surface area (Å²) in [7, 11) is 0. The van der Waals surface area contributed by atoms with Crippen LogP contribution >= 0.6 is 0 Å². The molecule has 0 bridgehead atoms. The minimum atomic E-state index is -0.463. The van der Waals surface area contributed by atoms with Crippen molar-refractivity contribution in [2.45, 2.75) is 32.8 Å². The number of pyridine rings is 1. The van der Waals surface area contributed by atoms with Crippen molar-refractivity contribution >= 4 is 16.9 Å². The monoisotopic (exact) mass is 335 g/mol. The van der Waals surface area contributed by atoms with Crippen molar-refractivity contribution in [3.8, 4) is 0 Å². The van der Waals surface area contributed by atoms with Gasteiger partial charge in [-0.25, -0.2) is 9.59 Å². The van der Waals surface area contributed by atoms with Gasteiger partial charge < -0.3 is 9.15 Å². The van der Waals surface area contributed by atoms with Crippen molar-refractivity contribution in [3.63, 3.8) is 0 Å². The Morgan fingerprint density at radius 2 is 2.00 bits per heavy atom. The van der Waals surface area contributed by atoms with E-state index in [0.29, 0.717) is 16.7 Å². The maximum atomic E-state index is 12.2. The highest BCUT2D eigenvalue weighted by atomic mass is 16.5. The zero-order chi connectivity index (χ0) is 17.4. The lowest BCUT2D eigenvalue weighted by Crippen LogP contribution is -2.08. The summed E-state index contributed by atoms with van der Waals surface area (Å²) in [5, 5.41) is 0.829. The van der Waals surface area contributed by atoms with E-state index in [-0.39, 0.29) is 6.61 Å². The van der Waals surface area contributed by atoms with Crippen LogP contribution in [0.3, 0.4) is 0 Å². The Balaban J connectivity index is 1.63. The third-order valence-electron chi connectivity index (χ3n) is 4.55. The molecule has 1 aromatic carbocycles. The van der Waals surface area contributed by atoms with E-state index in [1.54, 1.807) is 12.1 Å². The second-order valence-electron chi connectivity index (χ2n) is 6.33. The number of carbonyl (C=O) groups excluding carboxylic acids is 1. The van der Waals surface area contributed by atoms with Crippen LogP contribution in [0.4, 0.5) is 0 Å². The number of ether oxygens (including phenoxy) is 1. The first-order chi connectivity index (χ1) is 12.1. The standard InChI is InChI=1S/C20H17NO4/c1-12-5-6-15(10-21-12)20(23)24-11-16-9-19(22)25-18-8-14-4-2-3-13(14)7-17(16)18/h5-10H,2-4,11H2,1H3. The number of hydrogen-bond acceptors (Lipinski definition) is 5. The molecule has 0 N–H and O–H groups in total. The summed E-state index contributed by atoms with van der Waals surface area (Å²) >= 11 is 0. The van der Waals surface area contributed by atoms with Crippen LogP contribution < -0.4 is 5.63 Å². The van der Waals surface area contributed by atoms with Crippen LogP contribution in [0.2, 0.25) is 0 Å². The number of nitrogens with zero attached hydrogens (tertiary/aromatic N) is 1. The molecule has 1 aliphatic rings. The molecule has 0 aliphatic heterocycles. The van der Waals surface area contributed by atoms with Crippen molar-refractivity contribution in [1.29, 1.82) is 0 Å². The van der Waals surface area contributed by atoms with E-state index in [4.69, 9.17) is 9.15 Å². The van der Waals surface area contributed by atoms with Gasteiger partial charge in [-0.3, -0.25) is 4.98 Å². The van der Waals surface area contributed by atoms with Gasteiger partial charge in [0, 0.05) is 28.9 Å². The topological polar surface area (TPSA) is 69.4 Å². The van der Waals surface area contributed by atoms with Gasteiger partial charge in [-0.15, -0.1) is 0 Å². The van der Waals surface area contributed by atoms with Gasteiger partial charge in [-0.1, -0.05) is 0 Å². The summed E-state index contributed by atoms with van der Waals surface area (Å²) in [6, 6.07) is 8.82. The van der Waals surface area contributed by atoms with Gasteiger partial charge in [0.15, 0.2) is 0 Å². The molecule has 2 aromatic heterocycles. The first kappa shape index (κ1) is 15.6. The number of hydrogen-bond donors (Lipinski definition) is 0. The molecular weight excluding hydrogens is 318 g/mol. The van der Waals surface area contributed by atoms with E-state index >= 15 is 0 Å². The van der Waals surface area contributed by atoms with Crippen molar-refractivity contribution in [1.82, 2.24) is 4.98 Å². The molecule has 0 fully saturated rings. The van der Waals surface area contributed by atoms with Gasteiger partial charge in [-0.05, 0) is 61.6 Å². The molecule has 0 radical (unpaired) electrons. The Kier molecular flexibility index (Phi) is 3.84. The van der Waals surface area contributed by atoms with Gasteiger partial charge >= 0.3 is 11.6 Å². The van der Waals surface area contributed by atoms with Crippen LogP contribution in [0.1, 0.15) is 39.2 Å². The summed E-state index contributed by atoms with van der Waals surface area (Å²) in [6.07, 6.45) is 4.63. The molecule has 25 heavy (non-hydrogen) atoms. The Morgan fingerprint density at radius 1 is 1.20 bits per heavy atom. The normalized spacial score (nSPS) is 13.0. The average Bonchev–Trinajstić information content (AvgIpc) is 3.05. The number of carbonyl (C=O) groups is 1. The number of fused-ring (bicyclic) bond motifs is 2. The van der Waals surface area contributed by atoms with Gasteiger partial charge in [0.05, 0.1) is 5.56 Å². The van der Waals surface area contributed by atoms with E-state index < -0.39 is 11.6 Å². The van der Waals surface area contributed by atoms with E-state index in [1.807, 2.05) is 13.0 Å². The number of rotatable bonds is 3. The van der Waals surface area contributed by atoms with Crippen LogP contribution in [0.5, 0.6) is 0 Å². The first-order valence-electron chi connectivity index (χ1n) is 8.28. The van der Waals surface area contributed by atoms with Crippen LogP contribution in [-0.2, 0) is 24.2 Å². The van der Waals surface area contributed by atoms with E-state index in [0.717, 1.165) is 30.3 Å². The summed E-state index contributed by atoms with van der Waals surface area (Å²) in [4.78, 5) is 28.1. The Labute approximate surface area is 144 Å². The quantitative estimate of drug-likeness (QED) is 0.542. The fraction of sp³-hybridized carbons (Fsp3) is 0.250. The zero-order valence-electron chi connectivity index (χ0n) is 13.9. The lowest BCUT2D eigenvalue weighted by Gasteiger charge is -2.09. The molecule has 5 heteroatoms. The molecule has 0 spiro atoms. The minimum Gasteiger partial charge on any atom is -0.457 e. The predicted molar refractivity (Wildman–Crippen MR) is 92.6 cm³/mol. The van der Waals surface area contributed by atoms with Crippen molar-refractivity contribution in [2.24, 2.45) is 0 Å². The van der Waals surface area contributed by atoms with Crippen molar-refractivity contribution in [2.75, 3.05) is 0 Å². The van der Waals surface area contributed by atoms with E-state index in [2.05, 4.69) is 11.1 Å². The van der Waals surface area contributed by atoms with Crippen LogP contribution in [0.15, 0.2) is 45.7 Å². The lowest BCUT2D eigenvalue weighted by molar-refractivity contribution is 0.0473. The molecule has 0 saturated heterocycles. The second-order valence-corrected chi connectivity index (χ2v) is 6.33. The van der Waals surface area contributed by atoms with Crippen LogP contribution in [-0.4, -0.2) is 11.0 Å². The molecular formula is C20H17NO4. The molecule has 0 saturated carbocycles. The maximum Gasteiger partial charge on any atom is 0.340 e.